The first-order valence-electron chi connectivity index (χ1n) is 12.7. The van der Waals surface area contributed by atoms with Crippen LogP contribution in [-0.4, -0.2) is 70.1 Å². The lowest BCUT2D eigenvalue weighted by molar-refractivity contribution is 0.0689. The molecule has 13 heteroatoms. The lowest BCUT2D eigenvalue weighted by Gasteiger charge is -2.34. The molecule has 3 heterocycles. The summed E-state index contributed by atoms with van der Waals surface area (Å²) in [5.41, 5.74) is -0.220. The first kappa shape index (κ1) is 28.1. The zero-order chi connectivity index (χ0) is 28.8. The van der Waals surface area contributed by atoms with Gasteiger partial charge in [0.2, 0.25) is 5.75 Å². The number of aryl methyl sites for hydroxylation is 1. The zero-order valence-corrected chi connectivity index (χ0v) is 23.8. The lowest BCUT2D eigenvalue weighted by atomic mass is 10.1. The maximum atomic E-state index is 13.5. The Bertz CT molecular complexity index is 1650. The minimum absolute atomic E-state index is 0.126. The molecule has 2 aliphatic heterocycles. The van der Waals surface area contributed by atoms with Crippen LogP contribution >= 0.6 is 23.2 Å². The van der Waals surface area contributed by atoms with Gasteiger partial charge in [-0.15, -0.1) is 0 Å². The Morgan fingerprint density at radius 1 is 1.05 bits per heavy atom. The van der Waals surface area contributed by atoms with Gasteiger partial charge in [-0.05, 0) is 44.0 Å². The third kappa shape index (κ3) is 5.09. The Hall–Kier alpha value is -3.41. The highest BCUT2D eigenvalue weighted by atomic mass is 35.5. The number of fused-ring (bicyclic) bond motifs is 1. The number of benzene rings is 2. The van der Waals surface area contributed by atoms with Gasteiger partial charge >= 0.3 is 5.56 Å². The van der Waals surface area contributed by atoms with Crippen LogP contribution in [0.5, 0.6) is 5.75 Å². The minimum atomic E-state index is -3.67. The van der Waals surface area contributed by atoms with E-state index in [4.69, 9.17) is 23.2 Å². The molecule has 0 spiro atoms. The van der Waals surface area contributed by atoms with Gasteiger partial charge < -0.3 is 19.5 Å². The number of aromatic hydroxyl groups is 1. The molecule has 1 atom stereocenters. The summed E-state index contributed by atoms with van der Waals surface area (Å²) >= 11 is 12.5. The smallest absolute Gasteiger partial charge is 0.315 e. The number of hydrogen-bond donors (Lipinski definition) is 1. The van der Waals surface area contributed by atoms with E-state index in [1.165, 1.54) is 26.5 Å². The topological polar surface area (TPSA) is 130 Å². The van der Waals surface area contributed by atoms with Gasteiger partial charge in [-0.1, -0.05) is 47.0 Å². The summed E-state index contributed by atoms with van der Waals surface area (Å²) < 4.78 is 27.1. The first-order chi connectivity index (χ1) is 19.0. The summed E-state index contributed by atoms with van der Waals surface area (Å²) in [6.45, 7) is 2.36. The predicted molar refractivity (Wildman–Crippen MR) is 149 cm³/mol. The van der Waals surface area contributed by atoms with Crippen molar-refractivity contribution in [2.75, 3.05) is 25.4 Å². The Balaban J connectivity index is 1.44. The monoisotopic (exact) mass is 604 g/mol. The Morgan fingerprint density at radius 2 is 1.73 bits per heavy atom. The van der Waals surface area contributed by atoms with Crippen LogP contribution in [0.1, 0.15) is 51.1 Å². The highest BCUT2D eigenvalue weighted by Gasteiger charge is 2.39. The number of carbonyl (C=O) groups is 2. The number of carbonyl (C=O) groups excluding carboxylic acids is 2. The fraction of sp³-hybridized carbons (Fsp3) is 0.333. The predicted octanol–water partition coefficient (Wildman–Crippen LogP) is 3.47. The van der Waals surface area contributed by atoms with E-state index < -0.39 is 39.0 Å². The molecule has 2 aromatic carbocycles. The summed E-state index contributed by atoms with van der Waals surface area (Å²) in [7, 11) is -3.67. The average Bonchev–Trinajstić information content (AvgIpc) is 3.40. The standard InChI is InChI=1S/C27H26Cl2N4O6S/c1-16-7-9-17(10-8-16)40(38,39)15-14-31-12-13-33-22(27(31)37)23(34)25(35)30-24(33)20-6-3-11-32(20)26(36)21-18(28)4-2-5-19(21)29/h2,4-5,7-10,20,34H,3,6,11-15H2,1H3/t20-/m0/s1. The van der Waals surface area contributed by atoms with Crippen molar-refractivity contribution in [2.24, 2.45) is 0 Å². The van der Waals surface area contributed by atoms with E-state index >= 15 is 0 Å². The van der Waals surface area contributed by atoms with Crippen LogP contribution in [0.15, 0.2) is 52.2 Å². The maximum absolute atomic E-state index is 13.5. The molecule has 40 heavy (non-hydrogen) atoms. The van der Waals surface area contributed by atoms with Crippen molar-refractivity contribution >= 4 is 44.9 Å². The molecule has 5 rings (SSSR count). The van der Waals surface area contributed by atoms with Gasteiger partial charge in [0, 0.05) is 26.2 Å². The van der Waals surface area contributed by atoms with Crippen molar-refractivity contribution in [3.05, 3.63) is 85.5 Å². The second-order valence-electron chi connectivity index (χ2n) is 9.80. The quantitative estimate of drug-likeness (QED) is 0.456. The van der Waals surface area contributed by atoms with Crippen molar-refractivity contribution in [1.82, 2.24) is 19.4 Å². The van der Waals surface area contributed by atoms with Crippen LogP contribution in [0.25, 0.3) is 0 Å². The number of likely N-dealkylation sites (tertiary alicyclic amines) is 1. The van der Waals surface area contributed by atoms with Crippen molar-refractivity contribution in [3.63, 3.8) is 0 Å². The molecular weight excluding hydrogens is 579 g/mol. The number of halogens is 2. The number of hydrogen-bond acceptors (Lipinski definition) is 7. The number of nitrogens with zero attached hydrogens (tertiary/aromatic N) is 4. The molecule has 0 bridgehead atoms. The second-order valence-corrected chi connectivity index (χ2v) is 12.7. The summed E-state index contributed by atoms with van der Waals surface area (Å²) in [6, 6.07) is 10.5. The van der Waals surface area contributed by atoms with Crippen molar-refractivity contribution in [1.29, 1.82) is 0 Å². The molecule has 1 N–H and O–H groups in total. The summed E-state index contributed by atoms with van der Waals surface area (Å²) in [6.07, 6.45) is 1.08. The second kappa shape index (κ2) is 10.9. The third-order valence-corrected chi connectivity index (χ3v) is 9.61. The van der Waals surface area contributed by atoms with Crippen LogP contribution in [0.2, 0.25) is 10.0 Å². The van der Waals surface area contributed by atoms with Crippen LogP contribution < -0.4 is 5.56 Å². The molecule has 1 fully saturated rings. The van der Waals surface area contributed by atoms with Gasteiger partial charge in [0.15, 0.2) is 15.5 Å². The van der Waals surface area contributed by atoms with E-state index in [9.17, 15) is 27.9 Å². The Labute approximate surface area is 240 Å². The van der Waals surface area contributed by atoms with Gasteiger partial charge in [-0.3, -0.25) is 14.4 Å². The van der Waals surface area contributed by atoms with Crippen LogP contribution in [0, 0.1) is 6.92 Å². The van der Waals surface area contributed by atoms with Crippen LogP contribution in [0.3, 0.4) is 0 Å². The van der Waals surface area contributed by atoms with E-state index in [0.29, 0.717) is 19.4 Å². The number of sulfone groups is 1. The molecule has 210 valence electrons. The van der Waals surface area contributed by atoms with E-state index in [-0.39, 0.29) is 57.4 Å². The normalized spacial score (nSPS) is 17.3. The molecule has 1 aromatic heterocycles. The van der Waals surface area contributed by atoms with Crippen molar-refractivity contribution < 1.29 is 23.1 Å². The molecule has 0 unspecified atom stereocenters. The van der Waals surface area contributed by atoms with Gasteiger partial charge in [0.25, 0.3) is 11.8 Å². The van der Waals surface area contributed by atoms with Crippen LogP contribution in [0.4, 0.5) is 0 Å². The zero-order valence-electron chi connectivity index (χ0n) is 21.5. The van der Waals surface area contributed by atoms with E-state index in [2.05, 4.69) is 4.98 Å². The number of rotatable bonds is 6. The summed E-state index contributed by atoms with van der Waals surface area (Å²) in [4.78, 5) is 46.7. The molecule has 3 aromatic rings. The summed E-state index contributed by atoms with van der Waals surface area (Å²) in [5, 5.41) is 11.0. The van der Waals surface area contributed by atoms with E-state index in [1.54, 1.807) is 30.3 Å². The SMILES string of the molecule is Cc1ccc(S(=O)(=O)CCN2CCn3c([C@@H]4CCCN4C(=O)c4c(Cl)cccc4Cl)nc(=O)c(O)c3C2=O)cc1. The highest BCUT2D eigenvalue weighted by Crippen LogP contribution is 2.36. The fourth-order valence-electron chi connectivity index (χ4n) is 5.16. The first-order valence-corrected chi connectivity index (χ1v) is 15.1. The van der Waals surface area contributed by atoms with Gasteiger partial charge in [0.1, 0.15) is 5.82 Å². The Kier molecular flexibility index (Phi) is 7.64. The van der Waals surface area contributed by atoms with Gasteiger partial charge in [0.05, 0.1) is 32.3 Å². The maximum Gasteiger partial charge on any atom is 0.315 e. The minimum Gasteiger partial charge on any atom is -0.501 e. The number of aromatic nitrogens is 2. The molecule has 0 saturated carbocycles. The van der Waals surface area contributed by atoms with Crippen molar-refractivity contribution in [2.45, 2.75) is 37.2 Å². The summed E-state index contributed by atoms with van der Waals surface area (Å²) in [5.74, 6) is -2.08. The average molecular weight is 606 g/mol. The van der Waals surface area contributed by atoms with Gasteiger partial charge in [-0.2, -0.15) is 4.98 Å². The lowest BCUT2D eigenvalue weighted by Crippen LogP contribution is -2.46. The highest BCUT2D eigenvalue weighted by molar-refractivity contribution is 7.91. The largest absolute Gasteiger partial charge is 0.501 e. The van der Waals surface area contributed by atoms with Crippen molar-refractivity contribution in [3.8, 4) is 5.75 Å². The fourth-order valence-corrected chi connectivity index (χ4v) is 6.97. The van der Waals surface area contributed by atoms with E-state index in [0.717, 1.165) is 5.56 Å². The molecule has 2 amide bonds. The number of amides is 2. The molecule has 2 aliphatic rings. The molecular formula is C27H26Cl2N4O6S. The van der Waals surface area contributed by atoms with E-state index in [1.807, 2.05) is 6.92 Å². The van der Waals surface area contributed by atoms with Crippen LogP contribution in [-0.2, 0) is 16.4 Å². The third-order valence-electron chi connectivity index (χ3n) is 7.27. The molecule has 0 aliphatic carbocycles. The Morgan fingerprint density at radius 3 is 2.40 bits per heavy atom. The molecule has 0 radical (unpaired) electrons. The van der Waals surface area contributed by atoms with Gasteiger partial charge in [-0.25, -0.2) is 8.42 Å². The molecule has 1 saturated heterocycles. The molecule has 10 nitrogen and oxygen atoms in total.